The van der Waals surface area contributed by atoms with Crippen LogP contribution in [-0.4, -0.2) is 12.5 Å². The van der Waals surface area contributed by atoms with Crippen LogP contribution < -0.4 is 10.1 Å². The van der Waals surface area contributed by atoms with Crippen molar-refractivity contribution in [3.05, 3.63) is 57.7 Å². The van der Waals surface area contributed by atoms with Crippen molar-refractivity contribution in [2.24, 2.45) is 0 Å². The third-order valence-corrected chi connectivity index (χ3v) is 3.48. The van der Waals surface area contributed by atoms with E-state index in [0.717, 1.165) is 14.8 Å². The van der Waals surface area contributed by atoms with Gasteiger partial charge in [-0.25, -0.2) is 0 Å². The zero-order valence-corrected chi connectivity index (χ0v) is 12.7. The highest BCUT2D eigenvalue weighted by Crippen LogP contribution is 2.17. The van der Waals surface area contributed by atoms with Gasteiger partial charge in [-0.05, 0) is 53.8 Å². The molecular weight excluding hydrogens is 353 g/mol. The molecule has 0 saturated carbocycles. The fraction of sp³-hybridized carbons (Fsp3) is 0.133. The molecule has 0 aromatic heterocycles. The van der Waals surface area contributed by atoms with Crippen LogP contribution in [0, 0.1) is 10.5 Å². The van der Waals surface area contributed by atoms with Crippen LogP contribution in [0.15, 0.2) is 48.5 Å². The maximum atomic E-state index is 11.8. The largest absolute Gasteiger partial charge is 0.484 e. The van der Waals surface area contributed by atoms with Crippen molar-refractivity contribution >= 4 is 34.2 Å². The Hall–Kier alpha value is -1.56. The summed E-state index contributed by atoms with van der Waals surface area (Å²) in [5.41, 5.74) is 1.97. The normalized spacial score (nSPS) is 10.0. The summed E-state index contributed by atoms with van der Waals surface area (Å²) >= 11 is 2.18. The van der Waals surface area contributed by atoms with Gasteiger partial charge in [0.1, 0.15) is 5.75 Å². The van der Waals surface area contributed by atoms with Crippen molar-refractivity contribution in [1.82, 2.24) is 0 Å². The van der Waals surface area contributed by atoms with E-state index < -0.39 is 0 Å². The highest BCUT2D eigenvalue weighted by Gasteiger charge is 2.05. The van der Waals surface area contributed by atoms with Crippen LogP contribution in [-0.2, 0) is 4.79 Å². The first-order chi connectivity index (χ1) is 9.15. The minimum absolute atomic E-state index is 0.00797. The number of nitrogens with one attached hydrogen (secondary N) is 1. The molecule has 1 N–H and O–H groups in total. The molecule has 0 heterocycles. The van der Waals surface area contributed by atoms with Gasteiger partial charge in [0, 0.05) is 3.57 Å². The number of anilines is 1. The molecule has 0 fully saturated rings. The van der Waals surface area contributed by atoms with Gasteiger partial charge in [-0.2, -0.15) is 0 Å². The second kappa shape index (κ2) is 6.56. The summed E-state index contributed by atoms with van der Waals surface area (Å²) in [6, 6.07) is 15.2. The van der Waals surface area contributed by atoms with E-state index in [9.17, 15) is 4.79 Å². The summed E-state index contributed by atoms with van der Waals surface area (Å²) < 4.78 is 6.42. The third-order valence-electron chi connectivity index (χ3n) is 2.54. The fourth-order valence-corrected chi connectivity index (χ4v) is 2.05. The van der Waals surface area contributed by atoms with Gasteiger partial charge in [-0.15, -0.1) is 0 Å². The average Bonchev–Trinajstić information content (AvgIpc) is 2.41. The fourth-order valence-electron chi connectivity index (χ4n) is 1.53. The van der Waals surface area contributed by atoms with E-state index in [-0.39, 0.29) is 12.5 Å². The molecule has 1 amide bonds. The zero-order valence-electron chi connectivity index (χ0n) is 10.5. The summed E-state index contributed by atoms with van der Waals surface area (Å²) in [5.74, 6) is 0.535. The number of ether oxygens (including phenoxy) is 1. The van der Waals surface area contributed by atoms with Crippen LogP contribution in [0.2, 0.25) is 0 Å². The van der Waals surface area contributed by atoms with Crippen molar-refractivity contribution in [2.45, 2.75) is 6.92 Å². The van der Waals surface area contributed by atoms with Gasteiger partial charge in [-0.1, -0.05) is 29.8 Å². The number of aryl methyl sites for hydroxylation is 1. The molecule has 3 nitrogen and oxygen atoms in total. The monoisotopic (exact) mass is 367 g/mol. The molecule has 0 radical (unpaired) electrons. The second-order valence-electron chi connectivity index (χ2n) is 4.13. The maximum Gasteiger partial charge on any atom is 0.262 e. The number of hydrogen-bond donors (Lipinski definition) is 1. The number of amides is 1. The lowest BCUT2D eigenvalue weighted by atomic mass is 10.2. The summed E-state index contributed by atoms with van der Waals surface area (Å²) in [6.45, 7) is 2.02. The Morgan fingerprint density at radius 3 is 2.53 bits per heavy atom. The number of para-hydroxylation sites is 1. The Labute approximate surface area is 126 Å². The van der Waals surface area contributed by atoms with Crippen LogP contribution >= 0.6 is 22.6 Å². The Kier molecular flexibility index (Phi) is 4.79. The number of benzene rings is 2. The quantitative estimate of drug-likeness (QED) is 0.839. The maximum absolute atomic E-state index is 11.8. The van der Waals surface area contributed by atoms with Gasteiger partial charge < -0.3 is 10.1 Å². The molecule has 19 heavy (non-hydrogen) atoms. The van der Waals surface area contributed by atoms with Crippen molar-refractivity contribution in [3.63, 3.8) is 0 Å². The van der Waals surface area contributed by atoms with E-state index in [0.29, 0.717) is 5.75 Å². The standard InChI is InChI=1S/C15H14INO2/c1-11-6-8-12(9-7-11)19-10-15(18)17-14-5-3-2-4-13(14)16/h2-9H,10H2,1H3,(H,17,18). The minimum Gasteiger partial charge on any atom is -0.484 e. The van der Waals surface area contributed by atoms with Gasteiger partial charge >= 0.3 is 0 Å². The average molecular weight is 367 g/mol. The number of carbonyl (C=O) groups excluding carboxylic acids is 1. The zero-order chi connectivity index (χ0) is 13.7. The first-order valence-electron chi connectivity index (χ1n) is 5.89. The molecule has 0 unspecified atom stereocenters. The molecule has 0 bridgehead atoms. The van der Waals surface area contributed by atoms with Crippen LogP contribution in [0.5, 0.6) is 5.75 Å². The molecule has 2 aromatic carbocycles. The Balaban J connectivity index is 1.88. The van der Waals surface area contributed by atoms with Crippen molar-refractivity contribution < 1.29 is 9.53 Å². The lowest BCUT2D eigenvalue weighted by Crippen LogP contribution is -2.20. The summed E-state index contributed by atoms with van der Waals surface area (Å²) in [4.78, 5) is 11.8. The van der Waals surface area contributed by atoms with E-state index in [1.807, 2.05) is 55.5 Å². The topological polar surface area (TPSA) is 38.3 Å². The van der Waals surface area contributed by atoms with Gasteiger partial charge in [0.2, 0.25) is 0 Å². The third kappa shape index (κ3) is 4.24. The number of hydrogen-bond acceptors (Lipinski definition) is 2. The van der Waals surface area contributed by atoms with Gasteiger partial charge in [0.05, 0.1) is 5.69 Å². The van der Waals surface area contributed by atoms with Crippen molar-refractivity contribution in [1.29, 1.82) is 0 Å². The van der Waals surface area contributed by atoms with Crippen molar-refractivity contribution in [2.75, 3.05) is 11.9 Å². The first kappa shape index (κ1) is 13.9. The Bertz CT molecular complexity index is 567. The molecule has 2 aromatic rings. The highest BCUT2D eigenvalue weighted by molar-refractivity contribution is 14.1. The molecule has 0 aliphatic rings. The predicted molar refractivity (Wildman–Crippen MR) is 84.5 cm³/mol. The lowest BCUT2D eigenvalue weighted by Gasteiger charge is -2.08. The Morgan fingerprint density at radius 2 is 1.84 bits per heavy atom. The number of halogens is 1. The number of carbonyl (C=O) groups is 1. The first-order valence-corrected chi connectivity index (χ1v) is 6.97. The lowest BCUT2D eigenvalue weighted by molar-refractivity contribution is -0.118. The van der Waals surface area contributed by atoms with E-state index >= 15 is 0 Å². The molecule has 2 rings (SSSR count). The summed E-state index contributed by atoms with van der Waals surface area (Å²) in [7, 11) is 0. The SMILES string of the molecule is Cc1ccc(OCC(=O)Nc2ccccc2I)cc1. The molecule has 0 aliphatic heterocycles. The van der Waals surface area contributed by atoms with Crippen molar-refractivity contribution in [3.8, 4) is 5.75 Å². The van der Waals surface area contributed by atoms with E-state index in [1.165, 1.54) is 0 Å². The van der Waals surface area contributed by atoms with Crippen LogP contribution in [0.1, 0.15) is 5.56 Å². The van der Waals surface area contributed by atoms with Crippen LogP contribution in [0.3, 0.4) is 0 Å². The second-order valence-corrected chi connectivity index (χ2v) is 5.29. The summed E-state index contributed by atoms with van der Waals surface area (Å²) in [5, 5.41) is 2.82. The number of rotatable bonds is 4. The van der Waals surface area contributed by atoms with E-state index in [1.54, 1.807) is 0 Å². The summed E-state index contributed by atoms with van der Waals surface area (Å²) in [6.07, 6.45) is 0. The highest BCUT2D eigenvalue weighted by atomic mass is 127. The molecular formula is C15H14INO2. The molecule has 0 atom stereocenters. The smallest absolute Gasteiger partial charge is 0.262 e. The van der Waals surface area contributed by atoms with Gasteiger partial charge in [-0.3, -0.25) is 4.79 Å². The predicted octanol–water partition coefficient (Wildman–Crippen LogP) is 3.62. The minimum atomic E-state index is -0.162. The van der Waals surface area contributed by atoms with Gasteiger partial charge in [0.15, 0.2) is 6.61 Å². The Morgan fingerprint density at radius 1 is 1.16 bits per heavy atom. The van der Waals surface area contributed by atoms with Crippen LogP contribution in [0.25, 0.3) is 0 Å². The molecule has 98 valence electrons. The van der Waals surface area contributed by atoms with Crippen LogP contribution in [0.4, 0.5) is 5.69 Å². The molecule has 4 heteroatoms. The van der Waals surface area contributed by atoms with E-state index in [2.05, 4.69) is 27.9 Å². The molecule has 0 saturated heterocycles. The molecule has 0 spiro atoms. The van der Waals surface area contributed by atoms with E-state index in [4.69, 9.17) is 4.74 Å². The van der Waals surface area contributed by atoms with Gasteiger partial charge in [0.25, 0.3) is 5.91 Å². The molecule has 0 aliphatic carbocycles.